The number of methoxy groups -OCH3 is 1. The summed E-state index contributed by atoms with van der Waals surface area (Å²) in [5, 5.41) is 0. The van der Waals surface area contributed by atoms with E-state index in [0.29, 0.717) is 5.56 Å². The van der Waals surface area contributed by atoms with Crippen molar-refractivity contribution in [3.8, 4) is 0 Å². The lowest BCUT2D eigenvalue weighted by molar-refractivity contribution is 0.0600. The average molecular weight is 209 g/mol. The van der Waals surface area contributed by atoms with Gasteiger partial charge in [0.25, 0.3) is 0 Å². The van der Waals surface area contributed by atoms with Crippen LogP contribution in [0.3, 0.4) is 0 Å². The minimum absolute atomic E-state index is 0.0548. The monoisotopic (exact) mass is 209 g/mol. The van der Waals surface area contributed by atoms with Gasteiger partial charge < -0.3 is 4.74 Å². The van der Waals surface area contributed by atoms with Crippen LogP contribution >= 0.6 is 0 Å². The van der Waals surface area contributed by atoms with E-state index in [1.54, 1.807) is 6.92 Å². The number of aryl methyl sites for hydroxylation is 1. The molecule has 0 fully saturated rings. The van der Waals surface area contributed by atoms with Crippen LogP contribution in [0.2, 0.25) is 0 Å². The molecule has 0 saturated carbocycles. The van der Waals surface area contributed by atoms with Crippen LogP contribution in [0.15, 0.2) is 17.1 Å². The van der Waals surface area contributed by atoms with Gasteiger partial charge in [0.15, 0.2) is 5.82 Å². The largest absolute Gasteiger partial charge is 0.465 e. The Morgan fingerprint density at radius 3 is 2.73 bits per heavy atom. The number of benzene rings is 1. The van der Waals surface area contributed by atoms with E-state index in [-0.39, 0.29) is 11.3 Å². The van der Waals surface area contributed by atoms with E-state index in [0.717, 1.165) is 6.07 Å². The normalized spacial score (nSPS) is 9.27. The smallest absolute Gasteiger partial charge is 0.340 e. The first kappa shape index (κ1) is 11.1. The predicted octanol–water partition coefficient (Wildman–Crippen LogP) is 1.89. The first-order valence-electron chi connectivity index (χ1n) is 4.07. The number of aliphatic imine (C=N–C) groups is 1. The third-order valence-corrected chi connectivity index (χ3v) is 1.88. The lowest BCUT2D eigenvalue weighted by Gasteiger charge is -2.06. The van der Waals surface area contributed by atoms with Gasteiger partial charge in [-0.15, -0.1) is 0 Å². The molecule has 78 valence electrons. The number of esters is 1. The van der Waals surface area contributed by atoms with E-state index in [1.165, 1.54) is 19.3 Å². The van der Waals surface area contributed by atoms with Crippen molar-refractivity contribution < 1.29 is 18.7 Å². The maximum atomic E-state index is 13.2. The van der Waals surface area contributed by atoms with Gasteiger partial charge in [-0.25, -0.2) is 14.0 Å². The molecule has 0 spiro atoms. The highest BCUT2D eigenvalue weighted by Gasteiger charge is 2.18. The van der Waals surface area contributed by atoms with Gasteiger partial charge in [-0.3, -0.25) is 0 Å². The fraction of sp³-hybridized carbons (Fsp3) is 0.200. The van der Waals surface area contributed by atoms with Crippen LogP contribution < -0.4 is 0 Å². The molecule has 0 bridgehead atoms. The number of halogens is 1. The summed E-state index contributed by atoms with van der Waals surface area (Å²) in [5.41, 5.74) is 0.0925. The van der Waals surface area contributed by atoms with Crippen molar-refractivity contribution in [1.29, 1.82) is 0 Å². The number of carbonyl (C=O) groups is 1. The maximum absolute atomic E-state index is 13.2. The van der Waals surface area contributed by atoms with Gasteiger partial charge in [-0.2, -0.15) is 4.99 Å². The van der Waals surface area contributed by atoms with Crippen molar-refractivity contribution in [3.05, 3.63) is 29.1 Å². The van der Waals surface area contributed by atoms with Crippen molar-refractivity contribution in [2.24, 2.45) is 4.99 Å². The van der Waals surface area contributed by atoms with E-state index in [2.05, 4.69) is 9.73 Å². The summed E-state index contributed by atoms with van der Waals surface area (Å²) in [4.78, 5) is 24.5. The average Bonchev–Trinajstić information content (AvgIpc) is 2.23. The minimum Gasteiger partial charge on any atom is -0.465 e. The van der Waals surface area contributed by atoms with E-state index in [4.69, 9.17) is 0 Å². The Morgan fingerprint density at radius 2 is 2.20 bits per heavy atom. The summed E-state index contributed by atoms with van der Waals surface area (Å²) >= 11 is 0. The molecule has 0 amide bonds. The summed E-state index contributed by atoms with van der Waals surface area (Å²) < 4.78 is 17.7. The quantitative estimate of drug-likeness (QED) is 0.424. The summed E-state index contributed by atoms with van der Waals surface area (Å²) in [6.45, 7) is 1.59. The van der Waals surface area contributed by atoms with E-state index in [1.807, 2.05) is 0 Å². The first-order valence-corrected chi connectivity index (χ1v) is 4.07. The molecule has 0 aliphatic carbocycles. The predicted molar refractivity (Wildman–Crippen MR) is 50.3 cm³/mol. The number of hydrogen-bond donors (Lipinski definition) is 0. The standard InChI is InChI=1S/C10H8FNO3/c1-6-3-4-7(11)9(12-5-13)8(6)10(14)15-2/h3-4H,1-2H3. The molecule has 1 aromatic rings. The van der Waals surface area contributed by atoms with Gasteiger partial charge in [0.2, 0.25) is 6.08 Å². The third kappa shape index (κ3) is 2.08. The van der Waals surface area contributed by atoms with Gasteiger partial charge in [-0.1, -0.05) is 6.07 Å². The van der Waals surface area contributed by atoms with Gasteiger partial charge in [0.1, 0.15) is 5.69 Å². The van der Waals surface area contributed by atoms with E-state index in [9.17, 15) is 14.0 Å². The lowest BCUT2D eigenvalue weighted by atomic mass is 10.1. The topological polar surface area (TPSA) is 55.7 Å². The van der Waals surface area contributed by atoms with Gasteiger partial charge in [-0.05, 0) is 18.6 Å². The molecule has 1 aromatic carbocycles. The molecule has 0 unspecified atom stereocenters. The summed E-state index contributed by atoms with van der Waals surface area (Å²) in [7, 11) is 1.17. The van der Waals surface area contributed by atoms with Gasteiger partial charge >= 0.3 is 5.97 Å². The molecule has 1 rings (SSSR count). The molecule has 0 saturated heterocycles. The number of ether oxygens (including phenoxy) is 1. The molecule has 0 aliphatic rings. The summed E-state index contributed by atoms with van der Waals surface area (Å²) in [6, 6.07) is 2.53. The van der Waals surface area contributed by atoms with Crippen molar-refractivity contribution in [2.45, 2.75) is 6.92 Å². The molecule has 0 heterocycles. The first-order chi connectivity index (χ1) is 7.11. The number of isocyanates is 1. The lowest BCUT2D eigenvalue weighted by Crippen LogP contribution is -2.05. The third-order valence-electron chi connectivity index (χ3n) is 1.88. The van der Waals surface area contributed by atoms with Crippen LogP contribution in [-0.2, 0) is 9.53 Å². The highest BCUT2D eigenvalue weighted by molar-refractivity contribution is 5.96. The van der Waals surface area contributed by atoms with Crippen LogP contribution in [0, 0.1) is 12.7 Å². The SMILES string of the molecule is COC(=O)c1c(C)ccc(F)c1N=C=O. The number of nitrogens with zero attached hydrogens (tertiary/aromatic N) is 1. The number of carbonyl (C=O) groups excluding carboxylic acids is 2. The highest BCUT2D eigenvalue weighted by Crippen LogP contribution is 2.26. The fourth-order valence-electron chi connectivity index (χ4n) is 1.18. The Balaban J connectivity index is 3.51. The molecule has 15 heavy (non-hydrogen) atoms. The molecular formula is C10H8FNO3. The van der Waals surface area contributed by atoms with Crippen molar-refractivity contribution in [3.63, 3.8) is 0 Å². The Morgan fingerprint density at radius 1 is 1.53 bits per heavy atom. The van der Waals surface area contributed by atoms with Crippen molar-refractivity contribution >= 4 is 17.7 Å². The molecule has 5 heteroatoms. The zero-order valence-electron chi connectivity index (χ0n) is 8.20. The Kier molecular flexibility index (Phi) is 3.31. The molecule has 4 nitrogen and oxygen atoms in total. The number of hydrogen-bond acceptors (Lipinski definition) is 4. The van der Waals surface area contributed by atoms with Crippen LogP contribution in [-0.4, -0.2) is 19.2 Å². The Hall–Kier alpha value is -2.00. The number of rotatable bonds is 2. The summed E-state index contributed by atoms with van der Waals surface area (Å²) in [6.07, 6.45) is 1.20. The second-order valence-electron chi connectivity index (χ2n) is 2.78. The second kappa shape index (κ2) is 4.48. The zero-order valence-corrected chi connectivity index (χ0v) is 8.20. The van der Waals surface area contributed by atoms with E-state index < -0.39 is 11.8 Å². The van der Waals surface area contributed by atoms with Gasteiger partial charge in [0.05, 0.1) is 12.7 Å². The van der Waals surface area contributed by atoms with Crippen LogP contribution in [0.4, 0.5) is 10.1 Å². The molecular weight excluding hydrogens is 201 g/mol. The molecule has 0 radical (unpaired) electrons. The molecule has 0 atom stereocenters. The van der Waals surface area contributed by atoms with E-state index >= 15 is 0 Å². The van der Waals surface area contributed by atoms with Crippen LogP contribution in [0.25, 0.3) is 0 Å². The van der Waals surface area contributed by atoms with Gasteiger partial charge in [0, 0.05) is 0 Å². The van der Waals surface area contributed by atoms with Crippen LogP contribution in [0.1, 0.15) is 15.9 Å². The van der Waals surface area contributed by atoms with Crippen molar-refractivity contribution in [1.82, 2.24) is 0 Å². The zero-order chi connectivity index (χ0) is 11.4. The molecule has 0 N–H and O–H groups in total. The minimum atomic E-state index is -0.760. The van der Waals surface area contributed by atoms with Crippen molar-refractivity contribution in [2.75, 3.05) is 7.11 Å². The van der Waals surface area contributed by atoms with Crippen LogP contribution in [0.5, 0.6) is 0 Å². The Labute approximate surface area is 85.4 Å². The molecule has 0 aliphatic heterocycles. The summed E-state index contributed by atoms with van der Waals surface area (Å²) in [5.74, 6) is -1.50. The maximum Gasteiger partial charge on any atom is 0.340 e. The Bertz CT molecular complexity index is 450. The second-order valence-corrected chi connectivity index (χ2v) is 2.78. The molecule has 0 aromatic heterocycles. The highest BCUT2D eigenvalue weighted by atomic mass is 19.1. The fourth-order valence-corrected chi connectivity index (χ4v) is 1.18.